The van der Waals surface area contributed by atoms with E-state index in [4.69, 9.17) is 4.74 Å². The lowest BCUT2D eigenvalue weighted by Crippen LogP contribution is -2.22. The molecule has 1 aliphatic rings. The third-order valence-corrected chi connectivity index (χ3v) is 3.55. The molecule has 1 fully saturated rings. The third kappa shape index (κ3) is 3.56. The average molecular weight is 248 g/mol. The largest absolute Gasteiger partial charge is 0.386 e. The standard InChI is InChI=1S/C16H24O2/c1-16(2,3)18-11-15(17)14-9-5-8-13(10-14)12-6-4-7-12/h5,8-10,12,15,17H,4,6-7,11H2,1-3H3. The summed E-state index contributed by atoms with van der Waals surface area (Å²) in [6.45, 7) is 6.37. The van der Waals surface area contributed by atoms with Gasteiger partial charge in [-0.1, -0.05) is 30.7 Å². The van der Waals surface area contributed by atoms with Crippen LogP contribution in [0.15, 0.2) is 24.3 Å². The smallest absolute Gasteiger partial charge is 0.102 e. The van der Waals surface area contributed by atoms with Gasteiger partial charge >= 0.3 is 0 Å². The van der Waals surface area contributed by atoms with Gasteiger partial charge in [-0.3, -0.25) is 0 Å². The maximum Gasteiger partial charge on any atom is 0.102 e. The number of ether oxygens (including phenoxy) is 1. The Morgan fingerprint density at radius 3 is 2.61 bits per heavy atom. The van der Waals surface area contributed by atoms with Crippen LogP contribution in [0.4, 0.5) is 0 Å². The molecule has 2 rings (SSSR count). The maximum absolute atomic E-state index is 10.2. The highest BCUT2D eigenvalue weighted by molar-refractivity contribution is 5.29. The molecule has 1 N–H and O–H groups in total. The summed E-state index contributed by atoms with van der Waals surface area (Å²) in [7, 11) is 0. The van der Waals surface area contributed by atoms with Gasteiger partial charge in [0.05, 0.1) is 12.2 Å². The summed E-state index contributed by atoms with van der Waals surface area (Å²) in [4.78, 5) is 0. The van der Waals surface area contributed by atoms with Crippen LogP contribution >= 0.6 is 0 Å². The third-order valence-electron chi connectivity index (χ3n) is 3.55. The van der Waals surface area contributed by atoms with Gasteiger partial charge in [0.25, 0.3) is 0 Å². The highest BCUT2D eigenvalue weighted by atomic mass is 16.5. The summed E-state index contributed by atoms with van der Waals surface area (Å²) in [5.41, 5.74) is 2.14. The van der Waals surface area contributed by atoms with E-state index < -0.39 is 6.10 Å². The molecular formula is C16H24O2. The minimum atomic E-state index is -0.524. The molecule has 0 spiro atoms. The highest BCUT2D eigenvalue weighted by Gasteiger charge is 2.21. The molecule has 0 heterocycles. The predicted octanol–water partition coefficient (Wildman–Crippen LogP) is 3.80. The average Bonchev–Trinajstić information content (AvgIpc) is 2.23. The van der Waals surface area contributed by atoms with Crippen LogP contribution < -0.4 is 0 Å². The lowest BCUT2D eigenvalue weighted by molar-refractivity contribution is -0.0496. The zero-order valence-electron chi connectivity index (χ0n) is 11.6. The molecule has 2 heteroatoms. The normalized spacial score (nSPS) is 18.4. The fourth-order valence-corrected chi connectivity index (χ4v) is 2.19. The number of hydrogen-bond donors (Lipinski definition) is 1. The Bertz CT molecular complexity index is 388. The Hall–Kier alpha value is -0.860. The van der Waals surface area contributed by atoms with Crippen molar-refractivity contribution in [2.24, 2.45) is 0 Å². The molecule has 0 bridgehead atoms. The molecule has 18 heavy (non-hydrogen) atoms. The molecule has 0 aromatic heterocycles. The summed E-state index contributed by atoms with van der Waals surface area (Å²) in [6, 6.07) is 8.34. The summed E-state index contributed by atoms with van der Waals surface area (Å²) in [6.07, 6.45) is 3.39. The summed E-state index contributed by atoms with van der Waals surface area (Å²) < 4.78 is 5.64. The van der Waals surface area contributed by atoms with Crippen molar-refractivity contribution in [3.05, 3.63) is 35.4 Å². The van der Waals surface area contributed by atoms with Gasteiger partial charge in [0, 0.05) is 0 Å². The molecule has 1 unspecified atom stereocenters. The molecule has 100 valence electrons. The van der Waals surface area contributed by atoms with Crippen molar-refractivity contribution < 1.29 is 9.84 Å². The van der Waals surface area contributed by atoms with Crippen molar-refractivity contribution in [3.8, 4) is 0 Å². The van der Waals surface area contributed by atoms with Gasteiger partial charge in [0.2, 0.25) is 0 Å². The first-order chi connectivity index (χ1) is 8.46. The fraction of sp³-hybridized carbons (Fsp3) is 0.625. The van der Waals surface area contributed by atoms with Gasteiger partial charge in [0.15, 0.2) is 0 Å². The summed E-state index contributed by atoms with van der Waals surface area (Å²) in [5, 5.41) is 10.2. The Morgan fingerprint density at radius 2 is 2.06 bits per heavy atom. The van der Waals surface area contributed by atoms with E-state index in [-0.39, 0.29) is 5.60 Å². The topological polar surface area (TPSA) is 29.5 Å². The Balaban J connectivity index is 1.98. The maximum atomic E-state index is 10.2. The molecule has 1 aliphatic carbocycles. The number of rotatable bonds is 4. The summed E-state index contributed by atoms with van der Waals surface area (Å²) in [5.74, 6) is 0.709. The van der Waals surface area contributed by atoms with E-state index in [1.54, 1.807) is 0 Å². The fourth-order valence-electron chi connectivity index (χ4n) is 2.19. The minimum absolute atomic E-state index is 0.202. The van der Waals surface area contributed by atoms with E-state index in [2.05, 4.69) is 12.1 Å². The lowest BCUT2D eigenvalue weighted by Gasteiger charge is -2.27. The SMILES string of the molecule is CC(C)(C)OCC(O)c1cccc(C2CCC2)c1. The minimum Gasteiger partial charge on any atom is -0.386 e. The Kier molecular flexibility index (Phi) is 4.08. The van der Waals surface area contributed by atoms with E-state index in [0.717, 1.165) is 5.56 Å². The van der Waals surface area contributed by atoms with Crippen molar-refractivity contribution in [2.75, 3.05) is 6.61 Å². The van der Waals surface area contributed by atoms with Crippen LogP contribution in [0, 0.1) is 0 Å². The molecule has 1 saturated carbocycles. The molecule has 0 aliphatic heterocycles. The van der Waals surface area contributed by atoms with Gasteiger partial charge in [0.1, 0.15) is 6.10 Å². The van der Waals surface area contributed by atoms with Crippen molar-refractivity contribution in [1.82, 2.24) is 0 Å². The highest BCUT2D eigenvalue weighted by Crippen LogP contribution is 2.37. The Labute approximate surface area is 110 Å². The molecule has 0 radical (unpaired) electrons. The van der Waals surface area contributed by atoms with Crippen molar-refractivity contribution in [3.63, 3.8) is 0 Å². The van der Waals surface area contributed by atoms with Gasteiger partial charge in [-0.2, -0.15) is 0 Å². The monoisotopic (exact) mass is 248 g/mol. The first kappa shape index (κ1) is 13.6. The molecular weight excluding hydrogens is 224 g/mol. The first-order valence-electron chi connectivity index (χ1n) is 6.87. The van der Waals surface area contributed by atoms with Crippen molar-refractivity contribution >= 4 is 0 Å². The number of aliphatic hydroxyl groups is 1. The van der Waals surface area contributed by atoms with Crippen LogP contribution in [0.3, 0.4) is 0 Å². The van der Waals surface area contributed by atoms with E-state index in [9.17, 15) is 5.11 Å². The van der Waals surface area contributed by atoms with Crippen molar-refractivity contribution in [2.45, 2.75) is 57.7 Å². The van der Waals surface area contributed by atoms with Crippen LogP contribution in [-0.2, 0) is 4.74 Å². The first-order valence-corrected chi connectivity index (χ1v) is 6.87. The van der Waals surface area contributed by atoms with Gasteiger partial charge in [-0.15, -0.1) is 0 Å². The van der Waals surface area contributed by atoms with E-state index >= 15 is 0 Å². The zero-order valence-corrected chi connectivity index (χ0v) is 11.6. The second-order valence-electron chi connectivity index (χ2n) is 6.24. The molecule has 1 aromatic rings. The van der Waals surface area contributed by atoms with Gasteiger partial charge < -0.3 is 9.84 Å². The van der Waals surface area contributed by atoms with E-state index in [0.29, 0.717) is 12.5 Å². The summed E-state index contributed by atoms with van der Waals surface area (Å²) >= 11 is 0. The van der Waals surface area contributed by atoms with Crippen LogP contribution in [0.5, 0.6) is 0 Å². The van der Waals surface area contributed by atoms with Crippen LogP contribution in [0.1, 0.15) is 63.2 Å². The molecule has 2 nitrogen and oxygen atoms in total. The number of hydrogen-bond acceptors (Lipinski definition) is 2. The van der Waals surface area contributed by atoms with Gasteiger partial charge in [-0.05, 0) is 50.7 Å². The van der Waals surface area contributed by atoms with Crippen LogP contribution in [-0.4, -0.2) is 17.3 Å². The second-order valence-corrected chi connectivity index (χ2v) is 6.24. The van der Waals surface area contributed by atoms with Crippen LogP contribution in [0.2, 0.25) is 0 Å². The Morgan fingerprint density at radius 1 is 1.33 bits per heavy atom. The predicted molar refractivity (Wildman–Crippen MR) is 73.7 cm³/mol. The molecule has 1 aromatic carbocycles. The van der Waals surface area contributed by atoms with E-state index in [1.807, 2.05) is 32.9 Å². The quantitative estimate of drug-likeness (QED) is 0.878. The number of benzene rings is 1. The second kappa shape index (κ2) is 5.41. The van der Waals surface area contributed by atoms with Gasteiger partial charge in [-0.25, -0.2) is 0 Å². The molecule has 1 atom stereocenters. The van der Waals surface area contributed by atoms with E-state index in [1.165, 1.54) is 24.8 Å². The molecule has 0 amide bonds. The lowest BCUT2D eigenvalue weighted by atomic mass is 9.79. The number of aliphatic hydroxyl groups excluding tert-OH is 1. The van der Waals surface area contributed by atoms with Crippen molar-refractivity contribution in [1.29, 1.82) is 0 Å². The zero-order chi connectivity index (χ0) is 13.2. The van der Waals surface area contributed by atoms with Crippen LogP contribution in [0.25, 0.3) is 0 Å². The molecule has 0 saturated heterocycles.